The van der Waals surface area contributed by atoms with E-state index < -0.39 is 0 Å². The number of para-hydroxylation sites is 1. The van der Waals surface area contributed by atoms with Crippen LogP contribution in [0, 0.1) is 0 Å². The number of piperidine rings is 1. The van der Waals surface area contributed by atoms with Crippen molar-refractivity contribution < 1.29 is 14.3 Å². The molecule has 0 spiro atoms. The molecule has 1 fully saturated rings. The molecule has 1 aliphatic rings. The second kappa shape index (κ2) is 8.34. The maximum atomic E-state index is 12.8. The highest BCUT2D eigenvalue weighted by atomic mass is 35.5. The van der Waals surface area contributed by atoms with Gasteiger partial charge in [-0.05, 0) is 43.3 Å². The summed E-state index contributed by atoms with van der Waals surface area (Å²) in [4.78, 5) is 12.8. The van der Waals surface area contributed by atoms with Gasteiger partial charge in [0.25, 0.3) is 5.91 Å². The molecule has 1 heterocycles. The van der Waals surface area contributed by atoms with Crippen LogP contribution in [-0.2, 0) is 4.74 Å². The Bertz CT molecular complexity index is 724. The first-order valence-electron chi connectivity index (χ1n) is 8.24. The molecule has 2 unspecified atom stereocenters. The van der Waals surface area contributed by atoms with E-state index in [1.54, 1.807) is 25.3 Å². The van der Waals surface area contributed by atoms with Crippen molar-refractivity contribution in [1.29, 1.82) is 0 Å². The van der Waals surface area contributed by atoms with Gasteiger partial charge in [-0.2, -0.15) is 0 Å². The number of carbonyl (C=O) groups excluding carboxylic acids is 1. The van der Waals surface area contributed by atoms with E-state index >= 15 is 0 Å². The standard InChI is InChI=1S/C19H21ClN2O3/c1-24-18-12-21-10-9-16(18)22-19(23)15-11-13(20)7-8-17(15)25-14-5-3-2-4-6-14/h2-8,11,16,18,21H,9-10,12H2,1H3,(H,22,23). The van der Waals surface area contributed by atoms with Crippen molar-refractivity contribution in [2.45, 2.75) is 18.6 Å². The van der Waals surface area contributed by atoms with Gasteiger partial charge >= 0.3 is 0 Å². The number of amides is 1. The number of hydrogen-bond acceptors (Lipinski definition) is 4. The zero-order chi connectivity index (χ0) is 17.6. The summed E-state index contributed by atoms with van der Waals surface area (Å²) in [6, 6.07) is 14.3. The number of hydrogen-bond donors (Lipinski definition) is 2. The zero-order valence-electron chi connectivity index (χ0n) is 14.0. The van der Waals surface area contributed by atoms with Gasteiger partial charge in [-0.25, -0.2) is 0 Å². The fraction of sp³-hybridized carbons (Fsp3) is 0.316. The molecule has 2 aromatic rings. The molecule has 0 aliphatic carbocycles. The fourth-order valence-corrected chi connectivity index (χ4v) is 3.05. The average Bonchev–Trinajstić information content (AvgIpc) is 2.64. The largest absolute Gasteiger partial charge is 0.457 e. The van der Waals surface area contributed by atoms with Gasteiger partial charge < -0.3 is 20.1 Å². The quantitative estimate of drug-likeness (QED) is 0.859. The molecule has 25 heavy (non-hydrogen) atoms. The Kier molecular flexibility index (Phi) is 5.91. The van der Waals surface area contributed by atoms with Gasteiger partial charge in [0, 0.05) is 18.7 Å². The zero-order valence-corrected chi connectivity index (χ0v) is 14.8. The van der Waals surface area contributed by atoms with Crippen molar-refractivity contribution >= 4 is 17.5 Å². The van der Waals surface area contributed by atoms with E-state index in [1.807, 2.05) is 30.3 Å². The van der Waals surface area contributed by atoms with Gasteiger partial charge in [0.2, 0.25) is 0 Å². The third-order valence-corrected chi connectivity index (χ3v) is 4.44. The molecule has 3 rings (SSSR count). The highest BCUT2D eigenvalue weighted by Gasteiger charge is 2.27. The van der Waals surface area contributed by atoms with Crippen LogP contribution < -0.4 is 15.4 Å². The minimum Gasteiger partial charge on any atom is -0.457 e. The summed E-state index contributed by atoms with van der Waals surface area (Å²) >= 11 is 6.09. The Hall–Kier alpha value is -2.08. The van der Waals surface area contributed by atoms with E-state index in [-0.39, 0.29) is 18.1 Å². The Morgan fingerprint density at radius 2 is 2.04 bits per heavy atom. The van der Waals surface area contributed by atoms with E-state index in [1.165, 1.54) is 0 Å². The van der Waals surface area contributed by atoms with Crippen LogP contribution in [-0.4, -0.2) is 38.3 Å². The Morgan fingerprint density at radius 1 is 1.24 bits per heavy atom. The monoisotopic (exact) mass is 360 g/mol. The predicted molar refractivity (Wildman–Crippen MR) is 97.5 cm³/mol. The maximum Gasteiger partial charge on any atom is 0.255 e. The molecular weight excluding hydrogens is 340 g/mol. The average molecular weight is 361 g/mol. The lowest BCUT2D eigenvalue weighted by Gasteiger charge is -2.31. The predicted octanol–water partition coefficient (Wildman–Crippen LogP) is 3.24. The molecule has 1 amide bonds. The van der Waals surface area contributed by atoms with Gasteiger partial charge in [0.05, 0.1) is 17.7 Å². The number of halogens is 1. The SMILES string of the molecule is COC1CNCCC1NC(=O)c1cc(Cl)ccc1Oc1ccccc1. The summed E-state index contributed by atoms with van der Waals surface area (Å²) in [6.45, 7) is 1.55. The molecule has 0 aromatic heterocycles. The van der Waals surface area contributed by atoms with Crippen LogP contribution in [0.3, 0.4) is 0 Å². The van der Waals surface area contributed by atoms with Crippen LogP contribution in [0.15, 0.2) is 48.5 Å². The molecule has 0 saturated carbocycles. The van der Waals surface area contributed by atoms with E-state index in [2.05, 4.69) is 10.6 Å². The first-order chi connectivity index (χ1) is 12.2. The number of benzene rings is 2. The molecule has 132 valence electrons. The summed E-state index contributed by atoms with van der Waals surface area (Å²) in [7, 11) is 1.65. The van der Waals surface area contributed by atoms with Gasteiger partial charge in [-0.1, -0.05) is 29.8 Å². The van der Waals surface area contributed by atoms with Crippen molar-refractivity contribution in [1.82, 2.24) is 10.6 Å². The van der Waals surface area contributed by atoms with Crippen LogP contribution in [0.1, 0.15) is 16.8 Å². The number of methoxy groups -OCH3 is 1. The third kappa shape index (κ3) is 4.51. The van der Waals surface area contributed by atoms with Gasteiger partial charge in [-0.15, -0.1) is 0 Å². The normalized spacial score (nSPS) is 20.1. The van der Waals surface area contributed by atoms with Crippen molar-refractivity contribution in [3.05, 3.63) is 59.1 Å². The highest BCUT2D eigenvalue weighted by molar-refractivity contribution is 6.31. The van der Waals surface area contributed by atoms with Crippen LogP contribution in [0.4, 0.5) is 0 Å². The van der Waals surface area contributed by atoms with Gasteiger partial charge in [0.15, 0.2) is 0 Å². The Labute approximate surface area is 152 Å². The molecule has 2 N–H and O–H groups in total. The van der Waals surface area contributed by atoms with Gasteiger partial charge in [0.1, 0.15) is 11.5 Å². The number of carbonyl (C=O) groups is 1. The van der Waals surface area contributed by atoms with Crippen LogP contribution in [0.2, 0.25) is 5.02 Å². The molecule has 1 aliphatic heterocycles. The summed E-state index contributed by atoms with van der Waals surface area (Å²) in [5.74, 6) is 0.911. The first-order valence-corrected chi connectivity index (χ1v) is 8.62. The minimum absolute atomic E-state index is 0.0534. The van der Waals surface area contributed by atoms with Crippen molar-refractivity contribution in [2.24, 2.45) is 0 Å². The molecule has 2 aromatic carbocycles. The van der Waals surface area contributed by atoms with Crippen molar-refractivity contribution in [3.8, 4) is 11.5 Å². The summed E-state index contributed by atoms with van der Waals surface area (Å²) in [5.41, 5.74) is 0.407. The molecule has 0 radical (unpaired) electrons. The summed E-state index contributed by atoms with van der Waals surface area (Å²) in [5, 5.41) is 6.79. The molecule has 2 atom stereocenters. The maximum absolute atomic E-state index is 12.8. The fourth-order valence-electron chi connectivity index (χ4n) is 2.87. The van der Waals surface area contributed by atoms with Crippen LogP contribution in [0.5, 0.6) is 11.5 Å². The van der Waals surface area contributed by atoms with E-state index in [9.17, 15) is 4.79 Å². The molecule has 6 heteroatoms. The number of ether oxygens (including phenoxy) is 2. The van der Waals surface area contributed by atoms with Crippen LogP contribution >= 0.6 is 11.6 Å². The second-order valence-corrected chi connectivity index (χ2v) is 6.34. The van der Waals surface area contributed by atoms with E-state index in [4.69, 9.17) is 21.1 Å². The Morgan fingerprint density at radius 3 is 2.80 bits per heavy atom. The van der Waals surface area contributed by atoms with Gasteiger partial charge in [-0.3, -0.25) is 4.79 Å². The minimum atomic E-state index is -0.220. The van der Waals surface area contributed by atoms with Crippen molar-refractivity contribution in [3.63, 3.8) is 0 Å². The highest BCUT2D eigenvalue weighted by Crippen LogP contribution is 2.28. The molecule has 1 saturated heterocycles. The lowest BCUT2D eigenvalue weighted by Crippen LogP contribution is -2.53. The molecular formula is C19H21ClN2O3. The smallest absolute Gasteiger partial charge is 0.255 e. The van der Waals surface area contributed by atoms with E-state index in [0.29, 0.717) is 28.6 Å². The van der Waals surface area contributed by atoms with Crippen LogP contribution in [0.25, 0.3) is 0 Å². The second-order valence-electron chi connectivity index (χ2n) is 5.90. The first kappa shape index (κ1) is 17.7. The van der Waals surface area contributed by atoms with Crippen molar-refractivity contribution in [2.75, 3.05) is 20.2 Å². The number of rotatable bonds is 5. The lowest BCUT2D eigenvalue weighted by atomic mass is 10.0. The third-order valence-electron chi connectivity index (χ3n) is 4.20. The number of nitrogens with one attached hydrogen (secondary N) is 2. The van der Waals surface area contributed by atoms with E-state index in [0.717, 1.165) is 13.0 Å². The summed E-state index contributed by atoms with van der Waals surface area (Å²) in [6.07, 6.45) is 0.745. The molecule has 5 nitrogen and oxygen atoms in total. The Balaban J connectivity index is 1.80. The lowest BCUT2D eigenvalue weighted by molar-refractivity contribution is 0.0476. The molecule has 0 bridgehead atoms. The summed E-state index contributed by atoms with van der Waals surface area (Å²) < 4.78 is 11.3. The topological polar surface area (TPSA) is 59.6 Å².